The summed E-state index contributed by atoms with van der Waals surface area (Å²) in [5.41, 5.74) is 13.9. The third kappa shape index (κ3) is 5.13. The molecule has 11 rings (SSSR count). The Morgan fingerprint density at radius 2 is 0.810 bits per heavy atom. The summed E-state index contributed by atoms with van der Waals surface area (Å²) in [4.78, 5) is 15.1. The number of benzene rings is 8. The maximum atomic E-state index is 9.68. The summed E-state index contributed by atoms with van der Waals surface area (Å²) >= 11 is 0. The highest BCUT2D eigenvalue weighted by molar-refractivity contribution is 6.02. The first-order chi connectivity index (χ1) is 28.7. The fraction of sp³-hybridized carbons (Fsp3) is 0.0189. The van der Waals surface area contributed by atoms with E-state index in [0.29, 0.717) is 23.0 Å². The highest BCUT2D eigenvalue weighted by Gasteiger charge is 2.52. The van der Waals surface area contributed by atoms with Gasteiger partial charge in [0.25, 0.3) is 0 Å². The third-order valence-corrected chi connectivity index (χ3v) is 11.4. The first kappa shape index (κ1) is 33.4. The highest BCUT2D eigenvalue weighted by atomic mass is 16.5. The number of ether oxygens (including phenoxy) is 1. The van der Waals surface area contributed by atoms with Gasteiger partial charge in [0.05, 0.1) is 17.0 Å². The van der Waals surface area contributed by atoms with Crippen molar-refractivity contribution >= 4 is 0 Å². The standard InChI is InChI=1S/C53H32N4O/c54-33-34-28-30-35(31-29-34)40-20-12-24-44-48(40)49-41(21-13-25-45(49)53(44)42-22-7-9-26-46(42)58-47-27-10-8-23-43(47)53)38-18-11-19-39(32-38)52-56-50(36-14-3-1-4-15-36)55-51(57-52)37-16-5-2-6-17-37/h1-32H. The molecule has 58 heavy (non-hydrogen) atoms. The second-order valence-electron chi connectivity index (χ2n) is 14.6. The molecule has 1 aromatic heterocycles. The number of nitrogens with zero attached hydrogens (tertiary/aromatic N) is 4. The minimum absolute atomic E-state index is 0.601. The molecule has 0 saturated heterocycles. The molecule has 1 aliphatic carbocycles. The number of hydrogen-bond acceptors (Lipinski definition) is 5. The van der Waals surface area contributed by atoms with Crippen molar-refractivity contribution in [3.63, 3.8) is 0 Å². The number of para-hydroxylation sites is 2. The smallest absolute Gasteiger partial charge is 0.164 e. The fourth-order valence-corrected chi connectivity index (χ4v) is 8.96. The quantitative estimate of drug-likeness (QED) is 0.176. The van der Waals surface area contributed by atoms with Crippen LogP contribution in [-0.4, -0.2) is 15.0 Å². The van der Waals surface area contributed by atoms with E-state index >= 15 is 0 Å². The summed E-state index contributed by atoms with van der Waals surface area (Å²) in [5, 5.41) is 9.68. The van der Waals surface area contributed by atoms with E-state index in [2.05, 4.69) is 115 Å². The van der Waals surface area contributed by atoms with Crippen molar-refractivity contribution < 1.29 is 4.74 Å². The largest absolute Gasteiger partial charge is 0.457 e. The Hall–Kier alpha value is -7.94. The van der Waals surface area contributed by atoms with Crippen LogP contribution in [0.25, 0.3) is 67.5 Å². The zero-order valence-corrected chi connectivity index (χ0v) is 31.2. The molecule has 0 bridgehead atoms. The van der Waals surface area contributed by atoms with Crippen LogP contribution in [0.15, 0.2) is 194 Å². The summed E-state index contributed by atoms with van der Waals surface area (Å²) < 4.78 is 6.65. The van der Waals surface area contributed by atoms with Crippen LogP contribution >= 0.6 is 0 Å². The highest BCUT2D eigenvalue weighted by Crippen LogP contribution is 2.64. The van der Waals surface area contributed by atoms with Gasteiger partial charge in [-0.2, -0.15) is 5.26 Å². The van der Waals surface area contributed by atoms with Crippen molar-refractivity contribution in [1.82, 2.24) is 15.0 Å². The monoisotopic (exact) mass is 740 g/mol. The number of hydrogen-bond donors (Lipinski definition) is 0. The van der Waals surface area contributed by atoms with Crippen LogP contribution in [0.5, 0.6) is 11.5 Å². The van der Waals surface area contributed by atoms with Crippen LogP contribution in [0.4, 0.5) is 0 Å². The molecule has 0 fully saturated rings. The van der Waals surface area contributed by atoms with Crippen LogP contribution in [0.2, 0.25) is 0 Å². The Balaban J connectivity index is 1.18. The van der Waals surface area contributed by atoms with Crippen LogP contribution in [0.3, 0.4) is 0 Å². The maximum Gasteiger partial charge on any atom is 0.164 e. The van der Waals surface area contributed by atoms with E-state index in [1.807, 2.05) is 84.9 Å². The van der Waals surface area contributed by atoms with Gasteiger partial charge in [0, 0.05) is 27.8 Å². The molecule has 2 aliphatic rings. The predicted molar refractivity (Wildman–Crippen MR) is 229 cm³/mol. The van der Waals surface area contributed by atoms with Crippen molar-refractivity contribution in [2.45, 2.75) is 5.41 Å². The van der Waals surface area contributed by atoms with Crippen molar-refractivity contribution in [3.8, 4) is 85.1 Å². The van der Waals surface area contributed by atoms with Gasteiger partial charge in [-0.15, -0.1) is 0 Å². The average molecular weight is 741 g/mol. The van der Waals surface area contributed by atoms with Crippen molar-refractivity contribution in [2.24, 2.45) is 0 Å². The van der Waals surface area contributed by atoms with Gasteiger partial charge in [-0.25, -0.2) is 15.0 Å². The third-order valence-electron chi connectivity index (χ3n) is 11.4. The lowest BCUT2D eigenvalue weighted by molar-refractivity contribution is 0.436. The maximum absolute atomic E-state index is 9.68. The number of fused-ring (bicyclic) bond motifs is 9. The van der Waals surface area contributed by atoms with E-state index in [1.54, 1.807) is 0 Å². The summed E-state index contributed by atoms with van der Waals surface area (Å²) in [6.07, 6.45) is 0. The Bertz CT molecular complexity index is 2990. The van der Waals surface area contributed by atoms with Crippen molar-refractivity contribution in [3.05, 3.63) is 222 Å². The Morgan fingerprint density at radius 3 is 1.36 bits per heavy atom. The first-order valence-electron chi connectivity index (χ1n) is 19.3. The molecule has 0 unspecified atom stereocenters. The van der Waals surface area contributed by atoms with E-state index in [4.69, 9.17) is 19.7 Å². The molecule has 5 heteroatoms. The van der Waals surface area contributed by atoms with Gasteiger partial charge in [0.1, 0.15) is 11.5 Å². The SMILES string of the molecule is N#Cc1ccc(-c2cccc3c2-c2c(-c4cccc(-c5nc(-c6ccccc6)nc(-c6ccccc6)n5)c4)cccc2C32c3ccccc3Oc3ccccc32)cc1. The lowest BCUT2D eigenvalue weighted by atomic mass is 9.66. The van der Waals surface area contributed by atoms with Crippen molar-refractivity contribution in [1.29, 1.82) is 5.26 Å². The van der Waals surface area contributed by atoms with Gasteiger partial charge in [-0.05, 0) is 74.8 Å². The molecular formula is C53H32N4O. The van der Waals surface area contributed by atoms with E-state index in [0.717, 1.165) is 72.7 Å². The minimum Gasteiger partial charge on any atom is -0.457 e. The van der Waals surface area contributed by atoms with Crippen LogP contribution in [-0.2, 0) is 5.41 Å². The molecule has 0 N–H and O–H groups in total. The molecule has 9 aromatic rings. The van der Waals surface area contributed by atoms with Gasteiger partial charge < -0.3 is 4.74 Å². The first-order valence-corrected chi connectivity index (χ1v) is 19.3. The second-order valence-corrected chi connectivity index (χ2v) is 14.6. The molecule has 0 saturated carbocycles. The summed E-state index contributed by atoms with van der Waals surface area (Å²) in [6.45, 7) is 0. The molecule has 8 aromatic carbocycles. The topological polar surface area (TPSA) is 71.7 Å². The van der Waals surface area contributed by atoms with Gasteiger partial charge in [0.2, 0.25) is 0 Å². The molecule has 1 spiro atoms. The Labute approximate surface area is 336 Å². The molecule has 1 aliphatic heterocycles. The predicted octanol–water partition coefficient (Wildman–Crippen LogP) is 12.5. The van der Waals surface area contributed by atoms with E-state index in [-0.39, 0.29) is 0 Å². The summed E-state index contributed by atoms with van der Waals surface area (Å²) in [6, 6.07) is 69.1. The lowest BCUT2D eigenvalue weighted by Gasteiger charge is -2.39. The van der Waals surface area contributed by atoms with Gasteiger partial charge in [0.15, 0.2) is 17.5 Å². The summed E-state index contributed by atoms with van der Waals surface area (Å²) in [5.74, 6) is 3.53. The molecule has 0 radical (unpaired) electrons. The van der Waals surface area contributed by atoms with Crippen LogP contribution < -0.4 is 4.74 Å². The molecule has 0 atom stereocenters. The van der Waals surface area contributed by atoms with E-state index in [9.17, 15) is 5.26 Å². The molecule has 270 valence electrons. The lowest BCUT2D eigenvalue weighted by Crippen LogP contribution is -2.32. The Morgan fingerprint density at radius 1 is 0.379 bits per heavy atom. The zero-order chi connectivity index (χ0) is 38.6. The van der Waals surface area contributed by atoms with E-state index in [1.165, 1.54) is 11.1 Å². The minimum atomic E-state index is -0.657. The molecule has 0 amide bonds. The molecule has 2 heterocycles. The number of rotatable bonds is 5. The van der Waals surface area contributed by atoms with E-state index < -0.39 is 5.41 Å². The number of nitriles is 1. The average Bonchev–Trinajstić information content (AvgIpc) is 3.60. The molecular weight excluding hydrogens is 709 g/mol. The fourth-order valence-electron chi connectivity index (χ4n) is 8.96. The Kier molecular flexibility index (Phi) is 7.70. The zero-order valence-electron chi connectivity index (χ0n) is 31.2. The summed E-state index contributed by atoms with van der Waals surface area (Å²) in [7, 11) is 0. The molecule has 5 nitrogen and oxygen atoms in total. The van der Waals surface area contributed by atoms with Crippen LogP contribution in [0.1, 0.15) is 27.8 Å². The van der Waals surface area contributed by atoms with Gasteiger partial charge >= 0.3 is 0 Å². The second kappa shape index (κ2) is 13.4. The van der Waals surface area contributed by atoms with Gasteiger partial charge in [-0.1, -0.05) is 164 Å². The van der Waals surface area contributed by atoms with Crippen molar-refractivity contribution in [2.75, 3.05) is 0 Å². The van der Waals surface area contributed by atoms with Crippen LogP contribution in [0, 0.1) is 11.3 Å². The van der Waals surface area contributed by atoms with Gasteiger partial charge in [-0.3, -0.25) is 0 Å². The normalized spacial score (nSPS) is 12.7. The number of aromatic nitrogens is 3.